The first kappa shape index (κ1) is 13.9. The first-order valence-electron chi connectivity index (χ1n) is 6.33. The molecule has 1 aromatic rings. The number of carbonyl (C=O) groups excluding carboxylic acids is 1. The molecule has 0 saturated carbocycles. The molecule has 2 rings (SSSR count). The maximum absolute atomic E-state index is 12.7. The van der Waals surface area contributed by atoms with Crippen molar-refractivity contribution >= 4 is 5.91 Å². The molecule has 1 aliphatic heterocycles. The molecular weight excluding hydrogens is 249 g/mol. The number of carbonyl (C=O) groups is 1. The summed E-state index contributed by atoms with van der Waals surface area (Å²) in [6.07, 6.45) is 1.96. The monoisotopic (exact) mass is 267 g/mol. The number of nitrogens with one attached hydrogen (secondary N) is 1. The van der Waals surface area contributed by atoms with Gasteiger partial charge in [-0.3, -0.25) is 9.69 Å². The van der Waals surface area contributed by atoms with Gasteiger partial charge in [0.05, 0.1) is 12.8 Å². The molecule has 0 radical (unpaired) electrons. The first-order chi connectivity index (χ1) is 9.19. The molecule has 19 heavy (non-hydrogen) atoms. The summed E-state index contributed by atoms with van der Waals surface area (Å²) in [5.74, 6) is -0.693. The van der Waals surface area contributed by atoms with Crippen molar-refractivity contribution in [3.63, 3.8) is 0 Å². The summed E-state index contributed by atoms with van der Waals surface area (Å²) < 4.78 is 17.7. The van der Waals surface area contributed by atoms with Gasteiger partial charge in [0.15, 0.2) is 0 Å². The number of amides is 1. The number of nitrogens with zero attached hydrogens (tertiary/aromatic N) is 2. The Bertz CT molecular complexity index is 424. The van der Waals surface area contributed by atoms with Crippen LogP contribution < -0.4 is 5.32 Å². The summed E-state index contributed by atoms with van der Waals surface area (Å²) in [7, 11) is 1.68. The Hall–Kier alpha value is -1.53. The second kappa shape index (κ2) is 6.58. The van der Waals surface area contributed by atoms with Crippen LogP contribution in [0.25, 0.3) is 0 Å². The number of aromatic nitrogens is 1. The van der Waals surface area contributed by atoms with E-state index in [0.717, 1.165) is 32.3 Å². The van der Waals surface area contributed by atoms with Crippen molar-refractivity contribution in [2.75, 3.05) is 33.4 Å². The Morgan fingerprint density at radius 1 is 1.63 bits per heavy atom. The van der Waals surface area contributed by atoms with Crippen molar-refractivity contribution in [2.45, 2.75) is 12.5 Å². The van der Waals surface area contributed by atoms with Crippen molar-refractivity contribution in [3.8, 4) is 0 Å². The molecule has 104 valence electrons. The largest absolute Gasteiger partial charge is 0.383 e. The van der Waals surface area contributed by atoms with Crippen molar-refractivity contribution < 1.29 is 13.9 Å². The summed E-state index contributed by atoms with van der Waals surface area (Å²) in [4.78, 5) is 17.9. The molecular formula is C13H18FN3O2. The van der Waals surface area contributed by atoms with Crippen LogP contribution in [0.1, 0.15) is 16.9 Å². The quantitative estimate of drug-likeness (QED) is 0.852. The molecule has 1 amide bonds. The van der Waals surface area contributed by atoms with Crippen LogP contribution in [0.15, 0.2) is 18.3 Å². The highest BCUT2D eigenvalue weighted by Crippen LogP contribution is 2.09. The Morgan fingerprint density at radius 3 is 3.16 bits per heavy atom. The molecule has 0 aromatic carbocycles. The lowest BCUT2D eigenvalue weighted by molar-refractivity contribution is 0.0931. The van der Waals surface area contributed by atoms with E-state index in [2.05, 4.69) is 15.2 Å². The lowest BCUT2D eigenvalue weighted by Gasteiger charge is -2.15. The van der Waals surface area contributed by atoms with Crippen LogP contribution in [0.3, 0.4) is 0 Å². The molecule has 0 spiro atoms. The maximum Gasteiger partial charge on any atom is 0.270 e. The third kappa shape index (κ3) is 3.97. The van der Waals surface area contributed by atoms with Gasteiger partial charge in [0, 0.05) is 32.8 Å². The number of hydrogen-bond donors (Lipinski definition) is 1. The third-order valence-electron chi connectivity index (χ3n) is 3.18. The zero-order valence-electron chi connectivity index (χ0n) is 10.9. The van der Waals surface area contributed by atoms with Crippen LogP contribution in [-0.4, -0.2) is 55.2 Å². The van der Waals surface area contributed by atoms with E-state index in [9.17, 15) is 9.18 Å². The highest BCUT2D eigenvalue weighted by molar-refractivity contribution is 5.92. The van der Waals surface area contributed by atoms with Crippen LogP contribution in [0.4, 0.5) is 4.39 Å². The highest BCUT2D eigenvalue weighted by Gasteiger charge is 2.24. The van der Waals surface area contributed by atoms with Gasteiger partial charge >= 0.3 is 0 Å². The van der Waals surface area contributed by atoms with E-state index >= 15 is 0 Å². The lowest BCUT2D eigenvalue weighted by Crippen LogP contribution is -2.38. The molecule has 2 heterocycles. The fraction of sp³-hybridized carbons (Fsp3) is 0.538. The van der Waals surface area contributed by atoms with Crippen LogP contribution in [-0.2, 0) is 4.74 Å². The van der Waals surface area contributed by atoms with E-state index in [1.54, 1.807) is 7.11 Å². The topological polar surface area (TPSA) is 54.5 Å². The van der Waals surface area contributed by atoms with Crippen molar-refractivity contribution in [1.82, 2.24) is 15.2 Å². The average Bonchev–Trinajstić information content (AvgIpc) is 2.84. The van der Waals surface area contributed by atoms with Gasteiger partial charge in [0.25, 0.3) is 5.91 Å². The van der Waals surface area contributed by atoms with E-state index < -0.39 is 5.82 Å². The standard InChI is InChI=1S/C13H18FN3O2/c1-19-7-6-17-5-4-11(9-17)16-13(18)12-3-2-10(14)8-15-12/h2-3,8,11H,4-7,9H2,1H3,(H,16,18). The van der Waals surface area contributed by atoms with Crippen molar-refractivity contribution in [2.24, 2.45) is 0 Å². The summed E-state index contributed by atoms with van der Waals surface area (Å²) in [6, 6.07) is 2.75. The van der Waals surface area contributed by atoms with Crippen molar-refractivity contribution in [3.05, 3.63) is 29.8 Å². The summed E-state index contributed by atoms with van der Waals surface area (Å²) in [6.45, 7) is 3.33. The van der Waals surface area contributed by atoms with Gasteiger partial charge in [-0.15, -0.1) is 0 Å². The van der Waals surface area contributed by atoms with Gasteiger partial charge in [0.1, 0.15) is 11.5 Å². The van der Waals surface area contributed by atoms with E-state index in [0.29, 0.717) is 6.61 Å². The molecule has 6 heteroatoms. The Morgan fingerprint density at radius 2 is 2.47 bits per heavy atom. The van der Waals surface area contributed by atoms with E-state index in [4.69, 9.17) is 4.74 Å². The molecule has 1 fully saturated rings. The number of pyridine rings is 1. The zero-order valence-corrected chi connectivity index (χ0v) is 10.9. The fourth-order valence-electron chi connectivity index (χ4n) is 2.14. The molecule has 5 nitrogen and oxygen atoms in total. The SMILES string of the molecule is COCCN1CCC(NC(=O)c2ccc(F)cn2)C1. The van der Waals surface area contributed by atoms with Gasteiger partial charge in [-0.05, 0) is 18.6 Å². The lowest BCUT2D eigenvalue weighted by atomic mass is 10.2. The zero-order chi connectivity index (χ0) is 13.7. The van der Waals surface area contributed by atoms with Gasteiger partial charge in [-0.2, -0.15) is 0 Å². The van der Waals surface area contributed by atoms with Crippen LogP contribution in [0.5, 0.6) is 0 Å². The molecule has 1 saturated heterocycles. The fourth-order valence-corrected chi connectivity index (χ4v) is 2.14. The molecule has 0 aliphatic carbocycles. The predicted octanol–water partition coefficient (Wildman–Crippen LogP) is 0.671. The Balaban J connectivity index is 1.82. The molecule has 1 atom stereocenters. The van der Waals surface area contributed by atoms with E-state index in [-0.39, 0.29) is 17.6 Å². The second-order valence-electron chi connectivity index (χ2n) is 4.61. The third-order valence-corrected chi connectivity index (χ3v) is 3.18. The molecule has 0 bridgehead atoms. The minimum atomic E-state index is -0.442. The Kier molecular flexibility index (Phi) is 4.81. The van der Waals surface area contributed by atoms with E-state index in [1.807, 2.05) is 0 Å². The van der Waals surface area contributed by atoms with E-state index in [1.165, 1.54) is 12.1 Å². The first-order valence-corrected chi connectivity index (χ1v) is 6.33. The average molecular weight is 267 g/mol. The van der Waals surface area contributed by atoms with Gasteiger partial charge in [-0.25, -0.2) is 9.37 Å². The highest BCUT2D eigenvalue weighted by atomic mass is 19.1. The molecule has 1 aromatic heterocycles. The maximum atomic E-state index is 12.7. The number of hydrogen-bond acceptors (Lipinski definition) is 4. The summed E-state index contributed by atoms with van der Waals surface area (Å²) in [5.41, 5.74) is 0.247. The van der Waals surface area contributed by atoms with Gasteiger partial charge in [-0.1, -0.05) is 0 Å². The summed E-state index contributed by atoms with van der Waals surface area (Å²) >= 11 is 0. The van der Waals surface area contributed by atoms with Gasteiger partial charge < -0.3 is 10.1 Å². The summed E-state index contributed by atoms with van der Waals surface area (Å²) in [5, 5.41) is 2.91. The second-order valence-corrected chi connectivity index (χ2v) is 4.61. The number of halogens is 1. The number of ether oxygens (including phenoxy) is 1. The van der Waals surface area contributed by atoms with Crippen LogP contribution in [0.2, 0.25) is 0 Å². The minimum Gasteiger partial charge on any atom is -0.383 e. The molecule has 1 N–H and O–H groups in total. The normalized spacial score (nSPS) is 19.6. The molecule has 1 unspecified atom stereocenters. The molecule has 1 aliphatic rings. The minimum absolute atomic E-state index is 0.121. The van der Waals surface area contributed by atoms with Crippen LogP contribution in [0, 0.1) is 5.82 Å². The smallest absolute Gasteiger partial charge is 0.270 e. The number of rotatable bonds is 5. The van der Waals surface area contributed by atoms with Crippen molar-refractivity contribution in [1.29, 1.82) is 0 Å². The predicted molar refractivity (Wildman–Crippen MR) is 68.4 cm³/mol. The Labute approximate surface area is 111 Å². The van der Waals surface area contributed by atoms with Crippen LogP contribution >= 0.6 is 0 Å². The number of methoxy groups -OCH3 is 1. The van der Waals surface area contributed by atoms with Gasteiger partial charge in [0.2, 0.25) is 0 Å². The number of likely N-dealkylation sites (tertiary alicyclic amines) is 1.